The maximum Gasteiger partial charge on any atom is 0.165 e. The molecule has 0 saturated heterocycles. The topological polar surface area (TPSA) is 31.4 Å². The lowest BCUT2D eigenvalue weighted by atomic mass is 10.1. The second kappa shape index (κ2) is 6.65. The SMILES string of the molecule is COc1ccc2c(Cl)nc(-c3ccc(OC(C)C)c(F)c3)cc2c1. The van der Waals surface area contributed by atoms with Crippen LogP contribution in [0.5, 0.6) is 11.5 Å². The standard InChI is InChI=1S/C19H17ClFNO2/c1-11(2)24-18-7-4-12(9-16(18)21)17-10-13-8-14(23-3)5-6-15(13)19(20)22-17/h4-11H,1-3H3. The van der Waals surface area contributed by atoms with Gasteiger partial charge < -0.3 is 9.47 Å². The molecule has 0 saturated carbocycles. The van der Waals surface area contributed by atoms with Gasteiger partial charge in [0.05, 0.1) is 18.9 Å². The first-order chi connectivity index (χ1) is 11.5. The van der Waals surface area contributed by atoms with Crippen LogP contribution in [0.2, 0.25) is 5.15 Å². The lowest BCUT2D eigenvalue weighted by Gasteiger charge is -2.12. The molecule has 0 amide bonds. The summed E-state index contributed by atoms with van der Waals surface area (Å²) >= 11 is 6.28. The highest BCUT2D eigenvalue weighted by Crippen LogP contribution is 2.31. The Morgan fingerprint density at radius 1 is 1.08 bits per heavy atom. The van der Waals surface area contributed by atoms with Gasteiger partial charge in [0.1, 0.15) is 10.9 Å². The molecule has 0 radical (unpaired) electrons. The van der Waals surface area contributed by atoms with Gasteiger partial charge in [-0.1, -0.05) is 11.6 Å². The third kappa shape index (κ3) is 3.29. The van der Waals surface area contributed by atoms with E-state index < -0.39 is 5.82 Å². The van der Waals surface area contributed by atoms with E-state index in [1.807, 2.05) is 38.1 Å². The summed E-state index contributed by atoms with van der Waals surface area (Å²) in [5.41, 5.74) is 1.23. The first-order valence-corrected chi connectivity index (χ1v) is 7.96. The smallest absolute Gasteiger partial charge is 0.165 e. The minimum atomic E-state index is -0.426. The van der Waals surface area contributed by atoms with Gasteiger partial charge in [-0.15, -0.1) is 0 Å². The van der Waals surface area contributed by atoms with Crippen molar-refractivity contribution >= 4 is 22.4 Å². The van der Waals surface area contributed by atoms with Crippen LogP contribution in [0, 0.1) is 5.82 Å². The molecule has 124 valence electrons. The summed E-state index contributed by atoms with van der Waals surface area (Å²) in [6.45, 7) is 3.71. The summed E-state index contributed by atoms with van der Waals surface area (Å²) in [4.78, 5) is 4.38. The molecule has 0 aliphatic carbocycles. The van der Waals surface area contributed by atoms with Crippen LogP contribution in [0.25, 0.3) is 22.0 Å². The lowest BCUT2D eigenvalue weighted by molar-refractivity contribution is 0.231. The van der Waals surface area contributed by atoms with Gasteiger partial charge in [-0.3, -0.25) is 0 Å². The van der Waals surface area contributed by atoms with E-state index in [1.54, 1.807) is 19.2 Å². The van der Waals surface area contributed by atoms with E-state index in [2.05, 4.69) is 4.98 Å². The van der Waals surface area contributed by atoms with Crippen molar-refractivity contribution in [3.8, 4) is 22.8 Å². The van der Waals surface area contributed by atoms with Crippen LogP contribution in [-0.2, 0) is 0 Å². The van der Waals surface area contributed by atoms with Crippen LogP contribution in [0.15, 0.2) is 42.5 Å². The minimum Gasteiger partial charge on any atom is -0.497 e. The number of fused-ring (bicyclic) bond motifs is 1. The second-order valence-corrected chi connectivity index (χ2v) is 6.06. The minimum absolute atomic E-state index is 0.0916. The van der Waals surface area contributed by atoms with E-state index in [4.69, 9.17) is 21.1 Å². The molecule has 0 aliphatic heterocycles. The van der Waals surface area contributed by atoms with Gasteiger partial charge in [0.2, 0.25) is 0 Å². The Hall–Kier alpha value is -2.33. The van der Waals surface area contributed by atoms with Gasteiger partial charge in [0, 0.05) is 10.9 Å². The summed E-state index contributed by atoms with van der Waals surface area (Å²) in [5, 5.41) is 2.07. The van der Waals surface area contributed by atoms with Crippen molar-refractivity contribution in [2.24, 2.45) is 0 Å². The Bertz CT molecular complexity index is 896. The summed E-state index contributed by atoms with van der Waals surface area (Å²) in [7, 11) is 1.60. The van der Waals surface area contributed by atoms with Crippen molar-refractivity contribution in [2.45, 2.75) is 20.0 Å². The number of methoxy groups -OCH3 is 1. The fourth-order valence-corrected chi connectivity index (χ4v) is 2.74. The van der Waals surface area contributed by atoms with E-state index in [0.29, 0.717) is 16.4 Å². The maximum atomic E-state index is 14.2. The Morgan fingerprint density at radius 2 is 1.88 bits per heavy atom. The fourth-order valence-electron chi connectivity index (χ4n) is 2.48. The van der Waals surface area contributed by atoms with Crippen molar-refractivity contribution in [1.82, 2.24) is 4.98 Å². The summed E-state index contributed by atoms with van der Waals surface area (Å²) in [6.07, 6.45) is -0.0916. The largest absolute Gasteiger partial charge is 0.497 e. The molecule has 0 fully saturated rings. The maximum absolute atomic E-state index is 14.2. The number of rotatable bonds is 4. The molecule has 2 aromatic carbocycles. The lowest BCUT2D eigenvalue weighted by Crippen LogP contribution is -2.06. The van der Waals surface area contributed by atoms with Gasteiger partial charge in [-0.25, -0.2) is 9.37 Å². The quantitative estimate of drug-likeness (QED) is 0.586. The van der Waals surface area contributed by atoms with E-state index >= 15 is 0 Å². The first kappa shape index (κ1) is 16.5. The number of nitrogens with zero attached hydrogens (tertiary/aromatic N) is 1. The Morgan fingerprint density at radius 3 is 2.54 bits per heavy atom. The zero-order valence-corrected chi connectivity index (χ0v) is 14.4. The van der Waals surface area contributed by atoms with Gasteiger partial charge in [-0.2, -0.15) is 0 Å². The molecule has 0 aliphatic rings. The van der Waals surface area contributed by atoms with Crippen molar-refractivity contribution in [3.63, 3.8) is 0 Å². The van der Waals surface area contributed by atoms with Crippen molar-refractivity contribution in [3.05, 3.63) is 53.4 Å². The highest BCUT2D eigenvalue weighted by molar-refractivity contribution is 6.34. The zero-order valence-electron chi connectivity index (χ0n) is 13.6. The van der Waals surface area contributed by atoms with Gasteiger partial charge in [0.25, 0.3) is 0 Å². The summed E-state index contributed by atoms with van der Waals surface area (Å²) < 4.78 is 24.9. The molecule has 0 spiro atoms. The van der Waals surface area contributed by atoms with E-state index in [-0.39, 0.29) is 11.9 Å². The molecule has 24 heavy (non-hydrogen) atoms. The van der Waals surface area contributed by atoms with Crippen LogP contribution in [0.4, 0.5) is 4.39 Å². The number of pyridine rings is 1. The fraction of sp³-hybridized carbons (Fsp3) is 0.211. The number of benzene rings is 2. The van der Waals surface area contributed by atoms with Crippen LogP contribution < -0.4 is 9.47 Å². The molecule has 0 unspecified atom stereocenters. The van der Waals surface area contributed by atoms with E-state index in [0.717, 1.165) is 16.5 Å². The van der Waals surface area contributed by atoms with E-state index in [9.17, 15) is 4.39 Å². The molecular formula is C19H17ClFNO2. The average Bonchev–Trinajstić information content (AvgIpc) is 2.55. The van der Waals surface area contributed by atoms with Gasteiger partial charge >= 0.3 is 0 Å². The molecule has 0 N–H and O–H groups in total. The van der Waals surface area contributed by atoms with Crippen LogP contribution in [0.1, 0.15) is 13.8 Å². The number of aromatic nitrogens is 1. The average molecular weight is 346 g/mol. The van der Waals surface area contributed by atoms with Crippen molar-refractivity contribution in [1.29, 1.82) is 0 Å². The monoisotopic (exact) mass is 345 g/mol. The van der Waals surface area contributed by atoms with E-state index in [1.165, 1.54) is 6.07 Å². The Kier molecular flexibility index (Phi) is 4.58. The second-order valence-electron chi connectivity index (χ2n) is 5.70. The molecule has 0 bridgehead atoms. The number of hydrogen-bond acceptors (Lipinski definition) is 3. The third-order valence-corrected chi connectivity index (χ3v) is 3.87. The van der Waals surface area contributed by atoms with Gasteiger partial charge in [0.15, 0.2) is 11.6 Å². The first-order valence-electron chi connectivity index (χ1n) is 7.59. The molecule has 5 heteroatoms. The summed E-state index contributed by atoms with van der Waals surface area (Å²) in [5.74, 6) is 0.523. The van der Waals surface area contributed by atoms with Gasteiger partial charge in [-0.05, 0) is 61.7 Å². The molecule has 1 aromatic heterocycles. The predicted octanol–water partition coefficient (Wildman–Crippen LogP) is 5.49. The zero-order chi connectivity index (χ0) is 17.3. The third-order valence-electron chi connectivity index (χ3n) is 3.58. The highest BCUT2D eigenvalue weighted by atomic mass is 35.5. The Balaban J connectivity index is 2.07. The predicted molar refractivity (Wildman–Crippen MR) is 94.5 cm³/mol. The Labute approximate surface area is 145 Å². The number of hydrogen-bond donors (Lipinski definition) is 0. The normalized spacial score (nSPS) is 11.1. The number of halogens is 2. The van der Waals surface area contributed by atoms with Crippen LogP contribution in [0.3, 0.4) is 0 Å². The molecule has 3 nitrogen and oxygen atoms in total. The summed E-state index contributed by atoms with van der Waals surface area (Å²) in [6, 6.07) is 12.2. The number of ether oxygens (including phenoxy) is 2. The van der Waals surface area contributed by atoms with Crippen LogP contribution in [-0.4, -0.2) is 18.2 Å². The molecule has 3 aromatic rings. The van der Waals surface area contributed by atoms with Crippen molar-refractivity contribution < 1.29 is 13.9 Å². The molecule has 1 heterocycles. The highest BCUT2D eigenvalue weighted by Gasteiger charge is 2.11. The molecular weight excluding hydrogens is 329 g/mol. The van der Waals surface area contributed by atoms with Crippen LogP contribution >= 0.6 is 11.6 Å². The molecule has 3 rings (SSSR count). The molecule has 0 atom stereocenters. The van der Waals surface area contributed by atoms with Crippen molar-refractivity contribution in [2.75, 3.05) is 7.11 Å².